The number of amides is 2. The SMILES string of the molecule is COSNC(N)=O. The molecule has 0 fully saturated rings. The molecule has 2 amide bonds. The molecule has 3 N–H and O–H groups in total. The lowest BCUT2D eigenvalue weighted by Crippen LogP contribution is -2.22. The summed E-state index contributed by atoms with van der Waals surface area (Å²) in [6, 6.07) is -0.605. The number of primary amides is 1. The van der Waals surface area contributed by atoms with Crippen molar-refractivity contribution in [3.63, 3.8) is 0 Å². The minimum absolute atomic E-state index is 0.605. The molecule has 0 saturated carbocycles. The second-order valence-electron chi connectivity index (χ2n) is 0.716. The second-order valence-corrected chi connectivity index (χ2v) is 1.42. The van der Waals surface area contributed by atoms with E-state index in [4.69, 9.17) is 0 Å². The first-order valence-corrected chi connectivity index (χ1v) is 2.26. The molecule has 0 aromatic carbocycles. The fraction of sp³-hybridized carbons (Fsp3) is 0.500. The number of rotatable bonds is 2. The fourth-order valence-electron chi connectivity index (χ4n) is 0.0827. The standard InChI is InChI=1S/C2H6N2O2S/c1-6-7-4-2(3)5/h1H3,(H3,3,4,5). The number of carbonyl (C=O) groups excluding carboxylic acids is 1. The minimum atomic E-state index is -0.605. The van der Waals surface area contributed by atoms with Gasteiger partial charge in [-0.05, 0) is 0 Å². The van der Waals surface area contributed by atoms with Gasteiger partial charge in [-0.1, -0.05) is 0 Å². The van der Waals surface area contributed by atoms with Crippen molar-refractivity contribution in [2.24, 2.45) is 5.73 Å². The van der Waals surface area contributed by atoms with Crippen LogP contribution in [0.3, 0.4) is 0 Å². The van der Waals surface area contributed by atoms with Crippen LogP contribution in [0.15, 0.2) is 0 Å². The van der Waals surface area contributed by atoms with Gasteiger partial charge in [-0.15, -0.1) is 0 Å². The molecule has 0 aromatic heterocycles. The van der Waals surface area contributed by atoms with Gasteiger partial charge in [-0.2, -0.15) is 0 Å². The summed E-state index contributed by atoms with van der Waals surface area (Å²) in [5.41, 5.74) is 4.63. The zero-order valence-electron chi connectivity index (χ0n) is 3.80. The van der Waals surface area contributed by atoms with Crippen molar-refractivity contribution in [3.8, 4) is 0 Å². The van der Waals surface area contributed by atoms with E-state index in [1.165, 1.54) is 7.11 Å². The Labute approximate surface area is 45.7 Å². The molecule has 0 aromatic rings. The lowest BCUT2D eigenvalue weighted by Gasteiger charge is -1.91. The highest BCUT2D eigenvalue weighted by Gasteiger charge is 1.85. The molecule has 0 unspecified atom stereocenters. The smallest absolute Gasteiger partial charge is 0.323 e. The van der Waals surface area contributed by atoms with Crippen molar-refractivity contribution in [1.29, 1.82) is 0 Å². The molecule has 0 aliphatic heterocycles. The number of hydrogen-bond donors (Lipinski definition) is 2. The Morgan fingerprint density at radius 2 is 2.57 bits per heavy atom. The van der Waals surface area contributed by atoms with Crippen LogP contribution in [0.2, 0.25) is 0 Å². The summed E-state index contributed by atoms with van der Waals surface area (Å²) >= 11 is 0.792. The quantitative estimate of drug-likeness (QED) is 0.396. The average Bonchev–Trinajstić information content (AvgIpc) is 1.61. The highest BCUT2D eigenvalue weighted by atomic mass is 32.2. The Morgan fingerprint density at radius 3 is 2.71 bits per heavy atom. The van der Waals surface area contributed by atoms with Gasteiger partial charge in [0, 0.05) is 0 Å². The largest absolute Gasteiger partial charge is 0.351 e. The Balaban J connectivity index is 2.82. The lowest BCUT2D eigenvalue weighted by atomic mass is 11.2. The fourth-order valence-corrected chi connectivity index (χ4v) is 0.248. The topological polar surface area (TPSA) is 64.3 Å². The zero-order chi connectivity index (χ0) is 5.70. The van der Waals surface area contributed by atoms with Crippen LogP contribution in [0, 0.1) is 0 Å². The summed E-state index contributed by atoms with van der Waals surface area (Å²) in [6.45, 7) is 0. The van der Waals surface area contributed by atoms with Crippen molar-refractivity contribution in [2.45, 2.75) is 0 Å². The van der Waals surface area contributed by atoms with Crippen LogP contribution in [0.25, 0.3) is 0 Å². The summed E-state index contributed by atoms with van der Waals surface area (Å²) < 4.78 is 6.49. The maximum atomic E-state index is 9.77. The summed E-state index contributed by atoms with van der Waals surface area (Å²) in [5, 5.41) is 0. The molecule has 0 saturated heterocycles. The van der Waals surface area contributed by atoms with Crippen molar-refractivity contribution in [3.05, 3.63) is 0 Å². The van der Waals surface area contributed by atoms with E-state index in [0.717, 1.165) is 12.2 Å². The molecule has 0 aliphatic rings. The van der Waals surface area contributed by atoms with Gasteiger partial charge in [0.1, 0.15) is 12.2 Å². The average molecular weight is 122 g/mol. The van der Waals surface area contributed by atoms with Gasteiger partial charge in [0.25, 0.3) is 0 Å². The molecule has 0 aliphatic carbocycles. The van der Waals surface area contributed by atoms with E-state index in [9.17, 15) is 4.79 Å². The molecule has 4 nitrogen and oxygen atoms in total. The van der Waals surface area contributed by atoms with Crippen LogP contribution < -0.4 is 10.5 Å². The summed E-state index contributed by atoms with van der Waals surface area (Å²) in [5.74, 6) is 0. The van der Waals surface area contributed by atoms with Crippen molar-refractivity contribution < 1.29 is 8.98 Å². The van der Waals surface area contributed by atoms with E-state index in [0.29, 0.717) is 0 Å². The summed E-state index contributed by atoms with van der Waals surface area (Å²) in [7, 11) is 1.43. The number of nitrogens with two attached hydrogens (primary N) is 1. The number of urea groups is 1. The molecule has 0 bridgehead atoms. The van der Waals surface area contributed by atoms with Gasteiger partial charge in [-0.25, -0.2) is 4.79 Å². The van der Waals surface area contributed by atoms with Crippen molar-refractivity contribution >= 4 is 18.3 Å². The number of carbonyl (C=O) groups is 1. The van der Waals surface area contributed by atoms with E-state index < -0.39 is 6.03 Å². The Kier molecular flexibility index (Phi) is 3.53. The molecule has 5 heteroatoms. The third-order valence-corrected chi connectivity index (χ3v) is 0.677. The summed E-state index contributed by atoms with van der Waals surface area (Å²) in [4.78, 5) is 9.77. The van der Waals surface area contributed by atoms with Crippen LogP contribution in [0.1, 0.15) is 0 Å². The minimum Gasteiger partial charge on any atom is -0.351 e. The third kappa shape index (κ3) is 5.58. The molecule has 0 radical (unpaired) electrons. The highest BCUT2D eigenvalue weighted by Crippen LogP contribution is 1.87. The van der Waals surface area contributed by atoms with E-state index in [1.54, 1.807) is 0 Å². The van der Waals surface area contributed by atoms with Crippen molar-refractivity contribution in [2.75, 3.05) is 7.11 Å². The first-order valence-electron chi connectivity index (χ1n) is 1.52. The second kappa shape index (κ2) is 3.76. The predicted octanol–water partition coefficient (Wildman–Crippen LogP) is -0.136. The molecular weight excluding hydrogens is 116 g/mol. The normalized spacial score (nSPS) is 8.14. The molecule has 0 heterocycles. The molecule has 0 spiro atoms. The van der Waals surface area contributed by atoms with Crippen molar-refractivity contribution in [1.82, 2.24) is 4.72 Å². The Hall–Kier alpha value is -0.420. The molecule has 7 heavy (non-hydrogen) atoms. The van der Waals surface area contributed by atoms with Crippen LogP contribution in [-0.4, -0.2) is 13.1 Å². The van der Waals surface area contributed by atoms with Gasteiger partial charge >= 0.3 is 6.03 Å². The Bertz CT molecular complexity index is 66.7. The van der Waals surface area contributed by atoms with Crippen LogP contribution >= 0.6 is 12.2 Å². The maximum absolute atomic E-state index is 9.77. The van der Waals surface area contributed by atoms with E-state index in [1.807, 2.05) is 0 Å². The summed E-state index contributed by atoms with van der Waals surface area (Å²) in [6.07, 6.45) is 0. The van der Waals surface area contributed by atoms with Gasteiger partial charge in [-0.3, -0.25) is 4.72 Å². The number of nitrogens with one attached hydrogen (secondary N) is 1. The maximum Gasteiger partial charge on any atom is 0.323 e. The monoisotopic (exact) mass is 122 g/mol. The number of hydrogen-bond acceptors (Lipinski definition) is 3. The van der Waals surface area contributed by atoms with Gasteiger partial charge in [0.05, 0.1) is 7.11 Å². The van der Waals surface area contributed by atoms with E-state index in [-0.39, 0.29) is 0 Å². The van der Waals surface area contributed by atoms with E-state index in [2.05, 4.69) is 14.6 Å². The zero-order valence-corrected chi connectivity index (χ0v) is 4.62. The molecular formula is C2H6N2O2S. The predicted molar refractivity (Wildman–Crippen MR) is 27.3 cm³/mol. The highest BCUT2D eigenvalue weighted by molar-refractivity contribution is 7.93. The van der Waals surface area contributed by atoms with Gasteiger partial charge in [0.2, 0.25) is 0 Å². The molecule has 0 atom stereocenters. The van der Waals surface area contributed by atoms with Gasteiger partial charge < -0.3 is 9.92 Å². The Morgan fingerprint density at radius 1 is 2.00 bits per heavy atom. The lowest BCUT2D eigenvalue weighted by molar-refractivity contribution is 0.253. The molecule has 42 valence electrons. The first-order chi connectivity index (χ1) is 3.27. The van der Waals surface area contributed by atoms with Gasteiger partial charge in [0.15, 0.2) is 0 Å². The van der Waals surface area contributed by atoms with Crippen LogP contribution in [-0.2, 0) is 4.18 Å². The van der Waals surface area contributed by atoms with Crippen LogP contribution in [0.5, 0.6) is 0 Å². The molecule has 0 rings (SSSR count). The third-order valence-electron chi connectivity index (χ3n) is 0.226. The first kappa shape index (κ1) is 6.58. The van der Waals surface area contributed by atoms with E-state index >= 15 is 0 Å². The van der Waals surface area contributed by atoms with Crippen LogP contribution in [0.4, 0.5) is 4.79 Å².